The number of pyridine rings is 3. The molecular formula is C30H29ClFN7O4S. The van der Waals surface area contributed by atoms with Crippen molar-refractivity contribution >= 4 is 44.2 Å². The Morgan fingerprint density at radius 1 is 1.18 bits per heavy atom. The zero-order valence-electron chi connectivity index (χ0n) is 24.1. The molecule has 228 valence electrons. The molecule has 0 spiro atoms. The number of carbonyl (C=O) groups excluding carboxylic acids is 1. The highest BCUT2D eigenvalue weighted by atomic mass is 35.5. The summed E-state index contributed by atoms with van der Waals surface area (Å²) in [6, 6.07) is 3.79. The number of amides is 1. The lowest BCUT2D eigenvalue weighted by molar-refractivity contribution is -0.126. The third-order valence-electron chi connectivity index (χ3n) is 8.25. The first-order chi connectivity index (χ1) is 21.0. The zero-order valence-corrected chi connectivity index (χ0v) is 25.6. The van der Waals surface area contributed by atoms with Crippen LogP contribution < -0.4 is 10.6 Å². The Labute approximate surface area is 258 Å². The number of anilines is 1. The van der Waals surface area contributed by atoms with Crippen molar-refractivity contribution in [3.8, 4) is 16.9 Å². The highest BCUT2D eigenvalue weighted by molar-refractivity contribution is 7.90. The van der Waals surface area contributed by atoms with Crippen LogP contribution in [0, 0.1) is 5.82 Å². The van der Waals surface area contributed by atoms with Gasteiger partial charge in [0.05, 0.1) is 26.7 Å². The molecule has 4 aromatic heterocycles. The van der Waals surface area contributed by atoms with Crippen molar-refractivity contribution < 1.29 is 17.6 Å². The number of rotatable bonds is 6. The van der Waals surface area contributed by atoms with E-state index in [1.54, 1.807) is 4.90 Å². The third kappa shape index (κ3) is 5.13. The van der Waals surface area contributed by atoms with Gasteiger partial charge < -0.3 is 9.80 Å². The van der Waals surface area contributed by atoms with Crippen molar-refractivity contribution in [2.24, 2.45) is 0 Å². The Bertz CT molecular complexity index is 2000. The van der Waals surface area contributed by atoms with Gasteiger partial charge in [0.25, 0.3) is 0 Å². The van der Waals surface area contributed by atoms with E-state index in [2.05, 4.69) is 26.5 Å². The number of nitrogens with zero attached hydrogens (tertiary/aromatic N) is 7. The molecule has 1 atom stereocenters. The maximum absolute atomic E-state index is 16.0. The van der Waals surface area contributed by atoms with Gasteiger partial charge in [-0.25, -0.2) is 27.2 Å². The fourth-order valence-electron chi connectivity index (χ4n) is 5.84. The number of hydrogen-bond donors (Lipinski definition) is 0. The van der Waals surface area contributed by atoms with E-state index in [9.17, 15) is 18.0 Å². The smallest absolute Gasteiger partial charge is 0.350 e. The van der Waals surface area contributed by atoms with Crippen LogP contribution in [0.5, 0.6) is 0 Å². The van der Waals surface area contributed by atoms with Gasteiger partial charge in [-0.1, -0.05) is 24.6 Å². The topological polar surface area (TPSA) is 131 Å². The van der Waals surface area contributed by atoms with E-state index in [0.717, 1.165) is 30.1 Å². The summed E-state index contributed by atoms with van der Waals surface area (Å²) >= 11 is 6.38. The van der Waals surface area contributed by atoms with E-state index in [1.807, 2.05) is 11.8 Å². The van der Waals surface area contributed by atoms with Crippen molar-refractivity contribution in [3.63, 3.8) is 0 Å². The van der Waals surface area contributed by atoms with E-state index in [4.69, 9.17) is 11.6 Å². The summed E-state index contributed by atoms with van der Waals surface area (Å²) in [5, 5.41) is 0.334. The van der Waals surface area contributed by atoms with Crippen LogP contribution in [-0.4, -0.2) is 75.7 Å². The Kier molecular flexibility index (Phi) is 7.70. The molecule has 1 aliphatic carbocycles. The van der Waals surface area contributed by atoms with Crippen molar-refractivity contribution in [2.45, 2.75) is 43.0 Å². The SMILES string of the molecule is C=CC(=O)N1CCN(c2nc(=O)n(-c3c(S(C)(=O)=O)ccnc3C3CCC3)c3nc(-c4ccncc4Cl)c(F)cc23)[C@@H](C)C1. The second kappa shape index (κ2) is 11.4. The molecule has 6 rings (SSSR count). The van der Waals surface area contributed by atoms with E-state index < -0.39 is 21.3 Å². The number of hydrogen-bond acceptors (Lipinski definition) is 9. The van der Waals surface area contributed by atoms with E-state index in [0.29, 0.717) is 25.3 Å². The number of sulfone groups is 1. The van der Waals surface area contributed by atoms with Crippen LogP contribution >= 0.6 is 11.6 Å². The molecule has 0 aromatic carbocycles. The minimum Gasteiger partial charge on any atom is -0.350 e. The lowest BCUT2D eigenvalue weighted by atomic mass is 9.82. The van der Waals surface area contributed by atoms with Crippen LogP contribution in [0.15, 0.2) is 59.1 Å². The highest BCUT2D eigenvalue weighted by Crippen LogP contribution is 2.41. The van der Waals surface area contributed by atoms with Gasteiger partial charge in [0.15, 0.2) is 15.5 Å². The van der Waals surface area contributed by atoms with Gasteiger partial charge in [-0.15, -0.1) is 0 Å². The summed E-state index contributed by atoms with van der Waals surface area (Å²) in [5.41, 5.74) is -0.185. The van der Waals surface area contributed by atoms with Crippen LogP contribution in [0.1, 0.15) is 37.8 Å². The fourth-order valence-corrected chi connectivity index (χ4v) is 6.90. The maximum atomic E-state index is 16.0. The van der Waals surface area contributed by atoms with Gasteiger partial charge in [0.1, 0.15) is 17.3 Å². The molecule has 44 heavy (non-hydrogen) atoms. The van der Waals surface area contributed by atoms with Crippen molar-refractivity contribution in [3.05, 3.63) is 76.5 Å². The quantitative estimate of drug-likeness (QED) is 0.289. The van der Waals surface area contributed by atoms with Crippen molar-refractivity contribution in [2.75, 3.05) is 30.8 Å². The number of fused-ring (bicyclic) bond motifs is 1. The molecule has 1 aliphatic heterocycles. The summed E-state index contributed by atoms with van der Waals surface area (Å²) in [4.78, 5) is 47.4. The first-order valence-electron chi connectivity index (χ1n) is 14.1. The molecule has 4 aromatic rings. The summed E-state index contributed by atoms with van der Waals surface area (Å²) in [6.07, 6.45) is 9.02. The minimum absolute atomic E-state index is 0.000417. The minimum atomic E-state index is -3.86. The van der Waals surface area contributed by atoms with Crippen LogP contribution in [-0.2, 0) is 14.6 Å². The molecule has 2 aliphatic rings. The maximum Gasteiger partial charge on any atom is 0.355 e. The first-order valence-corrected chi connectivity index (χ1v) is 16.4. The van der Waals surface area contributed by atoms with Crippen LogP contribution in [0.25, 0.3) is 28.0 Å². The lowest BCUT2D eigenvalue weighted by Crippen LogP contribution is -2.54. The monoisotopic (exact) mass is 637 g/mol. The molecule has 5 heterocycles. The molecule has 1 saturated carbocycles. The number of halogens is 2. The van der Waals surface area contributed by atoms with Crippen LogP contribution in [0.3, 0.4) is 0 Å². The van der Waals surface area contributed by atoms with Gasteiger partial charge >= 0.3 is 5.69 Å². The average Bonchev–Trinajstić information content (AvgIpc) is 2.95. The van der Waals surface area contributed by atoms with E-state index in [-0.39, 0.29) is 61.6 Å². The number of carbonyl (C=O) groups is 1. The Hall–Kier alpha value is -4.23. The molecule has 14 heteroatoms. The Morgan fingerprint density at radius 3 is 2.59 bits per heavy atom. The Morgan fingerprint density at radius 2 is 1.95 bits per heavy atom. The standard InChI is InChI=1S/C30H29ClFN7O4S/c1-4-24(40)37-12-13-38(17(2)16-37)28-20-14-22(32)26(19-8-10-33-15-21(19)31)35-29(20)39(30(41)36-28)27-23(44(3,42)43)9-11-34-25(27)18-6-5-7-18/h4,8-11,14-15,17-18H,1,5-7,12-13,16H2,2-3H3/t17-/m0/s1. The Balaban J connectivity index is 1.67. The molecule has 0 N–H and O–H groups in total. The number of aromatic nitrogens is 5. The molecule has 1 saturated heterocycles. The molecule has 0 bridgehead atoms. The highest BCUT2D eigenvalue weighted by Gasteiger charge is 2.33. The van der Waals surface area contributed by atoms with E-state index in [1.165, 1.54) is 42.9 Å². The predicted molar refractivity (Wildman–Crippen MR) is 164 cm³/mol. The summed E-state index contributed by atoms with van der Waals surface area (Å²) in [5.74, 6) is -0.836. The van der Waals surface area contributed by atoms with Gasteiger partial charge in [-0.2, -0.15) is 4.98 Å². The summed E-state index contributed by atoms with van der Waals surface area (Å²) < 4.78 is 43.3. The molecule has 11 nitrogen and oxygen atoms in total. The molecule has 1 amide bonds. The average molecular weight is 638 g/mol. The third-order valence-corrected chi connectivity index (χ3v) is 9.67. The fraction of sp³-hybridized carbons (Fsp3) is 0.333. The predicted octanol–water partition coefficient (Wildman–Crippen LogP) is 3.92. The van der Waals surface area contributed by atoms with Gasteiger partial charge in [0, 0.05) is 62.0 Å². The van der Waals surface area contributed by atoms with Crippen LogP contribution in [0.4, 0.5) is 10.2 Å². The molecule has 0 unspecified atom stereocenters. The van der Waals surface area contributed by atoms with Gasteiger partial charge in [-0.3, -0.25) is 14.8 Å². The molecule has 0 radical (unpaired) electrons. The summed E-state index contributed by atoms with van der Waals surface area (Å²) in [6.45, 7) is 6.39. The molecular weight excluding hydrogens is 609 g/mol. The largest absolute Gasteiger partial charge is 0.355 e. The first kappa shape index (κ1) is 29.8. The summed E-state index contributed by atoms with van der Waals surface area (Å²) in [7, 11) is -3.86. The van der Waals surface area contributed by atoms with Crippen LogP contribution in [0.2, 0.25) is 5.02 Å². The molecule has 2 fully saturated rings. The second-order valence-corrected chi connectivity index (χ2v) is 13.5. The zero-order chi connectivity index (χ0) is 31.3. The van der Waals surface area contributed by atoms with E-state index >= 15 is 4.39 Å². The second-order valence-electron chi connectivity index (χ2n) is 11.1. The van der Waals surface area contributed by atoms with Gasteiger partial charge in [-0.05, 0) is 44.0 Å². The van der Waals surface area contributed by atoms with Crippen molar-refractivity contribution in [1.29, 1.82) is 0 Å². The van der Waals surface area contributed by atoms with Crippen molar-refractivity contribution in [1.82, 2.24) is 29.4 Å². The lowest BCUT2D eigenvalue weighted by Gasteiger charge is -2.40. The normalized spacial score (nSPS) is 17.5. The number of piperazine rings is 1. The van der Waals surface area contributed by atoms with Gasteiger partial charge in [0.2, 0.25) is 5.91 Å².